The van der Waals surface area contributed by atoms with Crippen molar-refractivity contribution in [1.29, 1.82) is 0 Å². The van der Waals surface area contributed by atoms with E-state index >= 15 is 0 Å². The van der Waals surface area contributed by atoms with Crippen LogP contribution in [-0.4, -0.2) is 76.5 Å². The van der Waals surface area contributed by atoms with Crippen molar-refractivity contribution in [2.75, 3.05) is 40.4 Å². The minimum atomic E-state index is -3.82. The summed E-state index contributed by atoms with van der Waals surface area (Å²) >= 11 is 0. The first-order valence-electron chi connectivity index (χ1n) is 8.43. The number of carbonyl (C=O) groups excluding carboxylic acids is 2. The second-order valence-electron chi connectivity index (χ2n) is 6.20. The number of sulfonamides is 1. The van der Waals surface area contributed by atoms with Crippen LogP contribution >= 0.6 is 0 Å². The molecular weight excluding hydrogens is 358 g/mol. The number of hydrogen-bond acceptors (Lipinski definition) is 5. The molecule has 8 nitrogen and oxygen atoms in total. The van der Waals surface area contributed by atoms with Crippen LogP contribution in [0.5, 0.6) is 0 Å². The lowest BCUT2D eigenvalue weighted by Crippen LogP contribution is -2.37. The van der Waals surface area contributed by atoms with Crippen LogP contribution in [0.4, 0.5) is 0 Å². The number of carbonyl (C=O) groups is 2. The molecule has 0 bridgehead atoms. The van der Waals surface area contributed by atoms with E-state index in [0.717, 1.165) is 0 Å². The molecule has 2 amide bonds. The first-order chi connectivity index (χ1) is 12.3. The highest BCUT2D eigenvalue weighted by Gasteiger charge is 2.32. The van der Waals surface area contributed by atoms with Gasteiger partial charge in [0.25, 0.3) is 5.91 Å². The van der Waals surface area contributed by atoms with Crippen molar-refractivity contribution in [1.82, 2.24) is 14.5 Å². The first-order valence-corrected chi connectivity index (χ1v) is 9.91. The molecule has 0 aliphatic carbocycles. The zero-order valence-corrected chi connectivity index (χ0v) is 16.1. The van der Waals surface area contributed by atoms with Gasteiger partial charge in [-0.2, -0.15) is 0 Å². The van der Waals surface area contributed by atoms with E-state index in [2.05, 4.69) is 4.72 Å². The Hall–Kier alpha value is -1.97. The minimum absolute atomic E-state index is 0.00545. The second kappa shape index (κ2) is 8.61. The van der Waals surface area contributed by atoms with Crippen LogP contribution in [0.15, 0.2) is 29.2 Å². The fourth-order valence-corrected chi connectivity index (χ4v) is 4.06. The SMILES string of the molecule is CCN1CC(NS(=O)(=O)c2cccc(C(=O)N(C)CCOC)c2)CC1=O. The normalized spacial score (nSPS) is 17.6. The average Bonchev–Trinajstić information content (AvgIpc) is 2.97. The number of likely N-dealkylation sites (tertiary alicyclic amines) is 1. The van der Waals surface area contributed by atoms with Crippen molar-refractivity contribution in [3.8, 4) is 0 Å². The van der Waals surface area contributed by atoms with Gasteiger partial charge in [0.2, 0.25) is 15.9 Å². The van der Waals surface area contributed by atoms with Gasteiger partial charge in [0, 0.05) is 51.8 Å². The van der Waals surface area contributed by atoms with Gasteiger partial charge < -0.3 is 14.5 Å². The van der Waals surface area contributed by atoms with Crippen LogP contribution in [-0.2, 0) is 19.6 Å². The Kier molecular flexibility index (Phi) is 6.74. The third-order valence-corrected chi connectivity index (χ3v) is 5.81. The summed E-state index contributed by atoms with van der Waals surface area (Å²) in [6, 6.07) is 5.42. The summed E-state index contributed by atoms with van der Waals surface area (Å²) in [4.78, 5) is 27.3. The number of nitrogens with one attached hydrogen (secondary N) is 1. The summed E-state index contributed by atoms with van der Waals surface area (Å²) in [6.45, 7) is 3.55. The van der Waals surface area contributed by atoms with Crippen molar-refractivity contribution in [3.63, 3.8) is 0 Å². The first kappa shape index (κ1) is 20.3. The molecule has 1 unspecified atom stereocenters. The molecule has 1 aromatic carbocycles. The summed E-state index contributed by atoms with van der Waals surface area (Å²) in [6.07, 6.45) is 0.144. The minimum Gasteiger partial charge on any atom is -0.383 e. The van der Waals surface area contributed by atoms with Crippen LogP contribution in [0.25, 0.3) is 0 Å². The van der Waals surface area contributed by atoms with E-state index in [-0.39, 0.29) is 28.7 Å². The topological polar surface area (TPSA) is 96.0 Å². The van der Waals surface area contributed by atoms with Crippen molar-refractivity contribution in [2.24, 2.45) is 0 Å². The molecule has 1 atom stereocenters. The highest BCUT2D eigenvalue weighted by atomic mass is 32.2. The summed E-state index contributed by atoms with van der Waals surface area (Å²) in [5.74, 6) is -0.351. The van der Waals surface area contributed by atoms with Gasteiger partial charge in [-0.25, -0.2) is 13.1 Å². The van der Waals surface area contributed by atoms with Crippen molar-refractivity contribution in [2.45, 2.75) is 24.3 Å². The number of likely N-dealkylation sites (N-methyl/N-ethyl adjacent to an activating group) is 2. The molecule has 1 aliphatic heterocycles. The molecule has 144 valence electrons. The maximum atomic E-state index is 12.6. The Bertz CT molecular complexity index is 765. The third kappa shape index (κ3) is 4.80. The van der Waals surface area contributed by atoms with Gasteiger partial charge in [-0.3, -0.25) is 9.59 Å². The molecule has 1 N–H and O–H groups in total. The Labute approximate surface area is 154 Å². The summed E-state index contributed by atoms with van der Waals surface area (Å²) in [5.41, 5.74) is 0.282. The zero-order chi connectivity index (χ0) is 19.3. The van der Waals surface area contributed by atoms with Crippen molar-refractivity contribution >= 4 is 21.8 Å². The van der Waals surface area contributed by atoms with Crippen molar-refractivity contribution in [3.05, 3.63) is 29.8 Å². The summed E-state index contributed by atoms with van der Waals surface area (Å²) in [7, 11) is -0.646. The van der Waals surface area contributed by atoms with Crippen LogP contribution in [0, 0.1) is 0 Å². The number of amides is 2. The lowest BCUT2D eigenvalue weighted by atomic mass is 10.2. The number of hydrogen-bond donors (Lipinski definition) is 1. The largest absolute Gasteiger partial charge is 0.383 e. The van der Waals surface area contributed by atoms with Crippen molar-refractivity contribution < 1.29 is 22.7 Å². The van der Waals surface area contributed by atoms with Crippen LogP contribution in [0.1, 0.15) is 23.7 Å². The molecule has 26 heavy (non-hydrogen) atoms. The standard InChI is InChI=1S/C17H25N3O5S/c1-4-20-12-14(11-16(20)21)18-26(23,24)15-7-5-6-13(10-15)17(22)19(2)8-9-25-3/h5-7,10,14,18H,4,8-9,11-12H2,1-3H3. The quantitative estimate of drug-likeness (QED) is 0.697. The Morgan fingerprint density at radius 1 is 1.42 bits per heavy atom. The maximum Gasteiger partial charge on any atom is 0.253 e. The molecular formula is C17H25N3O5S. The molecule has 0 spiro atoms. The fourth-order valence-electron chi connectivity index (χ4n) is 2.79. The van der Waals surface area contributed by atoms with Gasteiger partial charge in [0.1, 0.15) is 0 Å². The molecule has 9 heteroatoms. The molecule has 1 aliphatic rings. The Balaban J connectivity index is 2.13. The van der Waals surface area contributed by atoms with Crippen LogP contribution < -0.4 is 4.72 Å². The lowest BCUT2D eigenvalue weighted by Gasteiger charge is -2.18. The highest BCUT2D eigenvalue weighted by Crippen LogP contribution is 2.17. The maximum absolute atomic E-state index is 12.6. The lowest BCUT2D eigenvalue weighted by molar-refractivity contribution is -0.127. The van der Waals surface area contributed by atoms with E-state index in [1.165, 1.54) is 23.1 Å². The molecule has 2 rings (SSSR count). The second-order valence-corrected chi connectivity index (χ2v) is 7.92. The van der Waals surface area contributed by atoms with Gasteiger partial charge in [-0.05, 0) is 25.1 Å². The molecule has 0 radical (unpaired) electrons. The highest BCUT2D eigenvalue weighted by molar-refractivity contribution is 7.89. The van der Waals surface area contributed by atoms with E-state index in [1.807, 2.05) is 6.92 Å². The van der Waals surface area contributed by atoms with Gasteiger partial charge in [-0.1, -0.05) is 6.07 Å². The van der Waals surface area contributed by atoms with E-state index in [4.69, 9.17) is 4.74 Å². The summed E-state index contributed by atoms with van der Waals surface area (Å²) in [5, 5.41) is 0. The third-order valence-electron chi connectivity index (χ3n) is 4.29. The summed E-state index contributed by atoms with van der Waals surface area (Å²) < 4.78 is 32.7. The number of nitrogens with zero attached hydrogens (tertiary/aromatic N) is 2. The Morgan fingerprint density at radius 3 is 2.77 bits per heavy atom. The van der Waals surface area contributed by atoms with E-state index in [9.17, 15) is 18.0 Å². The van der Waals surface area contributed by atoms with E-state index in [1.54, 1.807) is 25.1 Å². The van der Waals surface area contributed by atoms with Gasteiger partial charge in [-0.15, -0.1) is 0 Å². The Morgan fingerprint density at radius 2 is 2.15 bits per heavy atom. The number of ether oxygens (including phenoxy) is 1. The monoisotopic (exact) mass is 383 g/mol. The van der Waals surface area contributed by atoms with Crippen LogP contribution in [0.3, 0.4) is 0 Å². The predicted octanol–water partition coefficient (Wildman–Crippen LogP) is 0.304. The predicted molar refractivity (Wildman–Crippen MR) is 96.3 cm³/mol. The van der Waals surface area contributed by atoms with Gasteiger partial charge >= 0.3 is 0 Å². The molecule has 1 heterocycles. The molecule has 1 aromatic rings. The number of benzene rings is 1. The van der Waals surface area contributed by atoms with Gasteiger partial charge in [0.05, 0.1) is 11.5 Å². The average molecular weight is 383 g/mol. The number of methoxy groups -OCH3 is 1. The fraction of sp³-hybridized carbons (Fsp3) is 0.529. The molecule has 0 saturated carbocycles. The van der Waals surface area contributed by atoms with Crippen LogP contribution in [0.2, 0.25) is 0 Å². The van der Waals surface area contributed by atoms with E-state index in [0.29, 0.717) is 26.2 Å². The zero-order valence-electron chi connectivity index (χ0n) is 15.3. The molecule has 0 aromatic heterocycles. The number of rotatable bonds is 8. The molecule has 1 fully saturated rings. The smallest absolute Gasteiger partial charge is 0.253 e. The van der Waals surface area contributed by atoms with Gasteiger partial charge in [0.15, 0.2) is 0 Å². The molecule has 1 saturated heterocycles. The van der Waals surface area contributed by atoms with E-state index < -0.39 is 16.1 Å².